The van der Waals surface area contributed by atoms with E-state index in [9.17, 15) is 9.59 Å². The van der Waals surface area contributed by atoms with Crippen molar-refractivity contribution < 1.29 is 9.59 Å². The number of nitrogens with two attached hydrogens (primary N) is 1. The first-order valence-electron chi connectivity index (χ1n) is 5.35. The minimum Gasteiger partial charge on any atom is -0.326 e. The number of carbonyl (C=O) groups is 2. The average Bonchev–Trinajstić information content (AvgIpc) is 2.22. The van der Waals surface area contributed by atoms with E-state index in [0.29, 0.717) is 11.4 Å². The summed E-state index contributed by atoms with van der Waals surface area (Å²) in [6.07, 6.45) is 0. The third-order valence-electron chi connectivity index (χ3n) is 2.23. The van der Waals surface area contributed by atoms with Gasteiger partial charge in [-0.25, -0.2) is 0 Å². The van der Waals surface area contributed by atoms with Gasteiger partial charge in [0.1, 0.15) is 0 Å². The van der Waals surface area contributed by atoms with Gasteiger partial charge in [0.25, 0.3) is 0 Å². The molecule has 0 saturated carbocycles. The van der Waals surface area contributed by atoms with Gasteiger partial charge in [-0.15, -0.1) is 0 Å². The Bertz CT molecular complexity index is 441. The lowest BCUT2D eigenvalue weighted by molar-refractivity contribution is -0.117. The van der Waals surface area contributed by atoms with Gasteiger partial charge < -0.3 is 16.4 Å². The first kappa shape index (κ1) is 13.2. The van der Waals surface area contributed by atoms with Crippen molar-refractivity contribution in [3.8, 4) is 0 Å². The van der Waals surface area contributed by atoms with Crippen molar-refractivity contribution >= 4 is 23.2 Å². The Balaban J connectivity index is 2.90. The van der Waals surface area contributed by atoms with E-state index >= 15 is 0 Å². The van der Waals surface area contributed by atoms with Crippen molar-refractivity contribution in [3.63, 3.8) is 0 Å². The van der Waals surface area contributed by atoms with Crippen LogP contribution in [0.2, 0.25) is 0 Å². The smallest absolute Gasteiger partial charge is 0.241 e. The standard InChI is InChI=1S/C12H17N3O2/c1-7-4-5-10(14-9(3)16)6-11(7)15-12(17)8(2)13/h4-6,8H,13H2,1-3H3,(H,14,16)(H,15,17)/t8-/m0/s1. The van der Waals surface area contributed by atoms with Gasteiger partial charge in [0.15, 0.2) is 0 Å². The monoisotopic (exact) mass is 235 g/mol. The van der Waals surface area contributed by atoms with Gasteiger partial charge in [-0.05, 0) is 31.5 Å². The Labute approximate surface area is 100 Å². The molecule has 2 amide bonds. The Hall–Kier alpha value is -1.88. The predicted molar refractivity (Wildman–Crippen MR) is 67.8 cm³/mol. The van der Waals surface area contributed by atoms with E-state index in [-0.39, 0.29) is 11.8 Å². The molecule has 0 fully saturated rings. The second-order valence-electron chi connectivity index (χ2n) is 3.99. The number of carbonyl (C=O) groups excluding carboxylic acids is 2. The second kappa shape index (κ2) is 5.45. The van der Waals surface area contributed by atoms with Gasteiger partial charge in [0.2, 0.25) is 11.8 Å². The van der Waals surface area contributed by atoms with E-state index in [1.165, 1.54) is 6.92 Å². The van der Waals surface area contributed by atoms with Crippen LogP contribution in [-0.4, -0.2) is 17.9 Å². The van der Waals surface area contributed by atoms with Crippen LogP contribution in [0.5, 0.6) is 0 Å². The van der Waals surface area contributed by atoms with Crippen molar-refractivity contribution in [2.45, 2.75) is 26.8 Å². The lowest BCUT2D eigenvalue weighted by Crippen LogP contribution is -2.32. The molecule has 0 aliphatic heterocycles. The lowest BCUT2D eigenvalue weighted by atomic mass is 10.1. The maximum absolute atomic E-state index is 11.5. The largest absolute Gasteiger partial charge is 0.326 e. The Morgan fingerprint density at radius 2 is 1.94 bits per heavy atom. The number of amides is 2. The molecule has 0 aromatic heterocycles. The van der Waals surface area contributed by atoms with Crippen LogP contribution in [0.15, 0.2) is 18.2 Å². The third kappa shape index (κ3) is 3.88. The quantitative estimate of drug-likeness (QED) is 0.737. The molecule has 92 valence electrons. The van der Waals surface area contributed by atoms with Crippen molar-refractivity contribution in [2.75, 3.05) is 10.6 Å². The zero-order valence-electron chi connectivity index (χ0n) is 10.2. The summed E-state index contributed by atoms with van der Waals surface area (Å²) in [5.41, 5.74) is 7.67. The zero-order valence-corrected chi connectivity index (χ0v) is 10.2. The fraction of sp³-hybridized carbons (Fsp3) is 0.333. The highest BCUT2D eigenvalue weighted by Gasteiger charge is 2.09. The number of hydrogen-bond donors (Lipinski definition) is 3. The molecule has 1 aromatic carbocycles. The summed E-state index contributed by atoms with van der Waals surface area (Å²) in [4.78, 5) is 22.4. The molecule has 1 rings (SSSR count). The molecule has 5 heteroatoms. The maximum Gasteiger partial charge on any atom is 0.241 e. The molecule has 0 saturated heterocycles. The highest BCUT2D eigenvalue weighted by molar-refractivity contribution is 5.96. The summed E-state index contributed by atoms with van der Waals surface area (Å²) < 4.78 is 0. The molecule has 5 nitrogen and oxygen atoms in total. The molecular formula is C12H17N3O2. The molecule has 0 spiro atoms. The number of hydrogen-bond acceptors (Lipinski definition) is 3. The summed E-state index contributed by atoms with van der Waals surface area (Å²) >= 11 is 0. The summed E-state index contributed by atoms with van der Waals surface area (Å²) in [6.45, 7) is 4.91. The number of aryl methyl sites for hydroxylation is 1. The number of anilines is 2. The Kier molecular flexibility index (Phi) is 4.23. The minimum atomic E-state index is -0.571. The van der Waals surface area contributed by atoms with Gasteiger partial charge in [0, 0.05) is 18.3 Å². The molecule has 0 heterocycles. The molecular weight excluding hydrogens is 218 g/mol. The number of benzene rings is 1. The second-order valence-corrected chi connectivity index (χ2v) is 3.99. The van der Waals surface area contributed by atoms with Crippen LogP contribution in [0.3, 0.4) is 0 Å². The molecule has 1 atom stereocenters. The van der Waals surface area contributed by atoms with Crippen LogP contribution in [0, 0.1) is 6.92 Å². The lowest BCUT2D eigenvalue weighted by Gasteiger charge is -2.12. The molecule has 0 radical (unpaired) electrons. The van der Waals surface area contributed by atoms with Crippen LogP contribution in [0.4, 0.5) is 11.4 Å². The average molecular weight is 235 g/mol. The van der Waals surface area contributed by atoms with E-state index in [1.807, 2.05) is 13.0 Å². The highest BCUT2D eigenvalue weighted by atomic mass is 16.2. The molecule has 0 bridgehead atoms. The summed E-state index contributed by atoms with van der Waals surface area (Å²) in [7, 11) is 0. The summed E-state index contributed by atoms with van der Waals surface area (Å²) in [5.74, 6) is -0.411. The minimum absolute atomic E-state index is 0.154. The van der Waals surface area contributed by atoms with Crippen LogP contribution < -0.4 is 16.4 Å². The van der Waals surface area contributed by atoms with Gasteiger partial charge in [-0.3, -0.25) is 9.59 Å². The predicted octanol–water partition coefficient (Wildman–Crippen LogP) is 1.24. The normalized spacial score (nSPS) is 11.8. The number of nitrogens with one attached hydrogen (secondary N) is 2. The van der Waals surface area contributed by atoms with Crippen LogP contribution in [-0.2, 0) is 9.59 Å². The van der Waals surface area contributed by atoms with Crippen molar-refractivity contribution in [1.82, 2.24) is 0 Å². The van der Waals surface area contributed by atoms with Crippen molar-refractivity contribution in [3.05, 3.63) is 23.8 Å². The zero-order chi connectivity index (χ0) is 13.0. The highest BCUT2D eigenvalue weighted by Crippen LogP contribution is 2.20. The summed E-state index contributed by atoms with van der Waals surface area (Å²) in [6, 6.07) is 4.73. The Morgan fingerprint density at radius 3 is 2.47 bits per heavy atom. The maximum atomic E-state index is 11.5. The van der Waals surface area contributed by atoms with Gasteiger partial charge in [-0.2, -0.15) is 0 Å². The van der Waals surface area contributed by atoms with E-state index in [1.54, 1.807) is 19.1 Å². The Morgan fingerprint density at radius 1 is 1.29 bits per heavy atom. The van der Waals surface area contributed by atoms with Crippen molar-refractivity contribution in [2.24, 2.45) is 5.73 Å². The van der Waals surface area contributed by atoms with Gasteiger partial charge in [0.05, 0.1) is 6.04 Å². The number of rotatable bonds is 3. The fourth-order valence-corrected chi connectivity index (χ4v) is 1.28. The molecule has 0 aliphatic rings. The molecule has 4 N–H and O–H groups in total. The SMILES string of the molecule is CC(=O)Nc1ccc(C)c(NC(=O)[C@H](C)N)c1. The topological polar surface area (TPSA) is 84.2 Å². The van der Waals surface area contributed by atoms with E-state index in [4.69, 9.17) is 5.73 Å². The van der Waals surface area contributed by atoms with E-state index in [0.717, 1.165) is 5.56 Å². The molecule has 17 heavy (non-hydrogen) atoms. The van der Waals surface area contributed by atoms with Crippen LogP contribution in [0.25, 0.3) is 0 Å². The molecule has 0 aliphatic carbocycles. The van der Waals surface area contributed by atoms with Crippen molar-refractivity contribution in [1.29, 1.82) is 0 Å². The first-order valence-corrected chi connectivity index (χ1v) is 5.35. The fourth-order valence-electron chi connectivity index (χ4n) is 1.28. The van der Waals surface area contributed by atoms with Gasteiger partial charge in [-0.1, -0.05) is 6.07 Å². The van der Waals surface area contributed by atoms with Crippen LogP contribution in [0.1, 0.15) is 19.4 Å². The van der Waals surface area contributed by atoms with E-state index in [2.05, 4.69) is 10.6 Å². The first-order chi connectivity index (χ1) is 7.90. The van der Waals surface area contributed by atoms with E-state index < -0.39 is 6.04 Å². The summed E-state index contributed by atoms with van der Waals surface area (Å²) in [5, 5.41) is 5.36. The molecule has 1 aromatic rings. The van der Waals surface area contributed by atoms with Crippen LogP contribution >= 0.6 is 0 Å². The third-order valence-corrected chi connectivity index (χ3v) is 2.23. The van der Waals surface area contributed by atoms with Gasteiger partial charge >= 0.3 is 0 Å². The molecule has 0 unspecified atom stereocenters.